The van der Waals surface area contributed by atoms with Crippen molar-refractivity contribution in [2.45, 2.75) is 65.5 Å². The molecule has 1 atom stereocenters. The van der Waals surface area contributed by atoms with Gasteiger partial charge in [-0.05, 0) is 48.5 Å². The first-order valence-electron chi connectivity index (χ1n) is 7.20. The Bertz CT molecular complexity index is 299. The highest BCUT2D eigenvalue weighted by Crippen LogP contribution is 2.45. The molecule has 0 aromatic carbocycles. The molecule has 1 saturated carbocycles. The van der Waals surface area contributed by atoms with Gasteiger partial charge in [-0.25, -0.2) is 0 Å². The van der Waals surface area contributed by atoms with Crippen LogP contribution in [0.3, 0.4) is 0 Å². The predicted octanol–water partition coefficient (Wildman–Crippen LogP) is 2.79. The van der Waals surface area contributed by atoms with E-state index in [-0.39, 0.29) is 18.0 Å². The highest BCUT2D eigenvalue weighted by Gasteiger charge is 2.39. The monoisotopic (exact) mass is 286 g/mol. The van der Waals surface area contributed by atoms with Crippen molar-refractivity contribution in [2.75, 3.05) is 12.0 Å². The minimum atomic E-state index is -0.361. The van der Waals surface area contributed by atoms with Crippen LogP contribution >= 0.6 is 11.8 Å². The SMILES string of the molecule is CSCC[C@@H](N)C(=O)NC1CC(C)(C)CC(C)(C)C1. The second-order valence-corrected chi connectivity index (χ2v) is 8.49. The number of amides is 1. The quantitative estimate of drug-likeness (QED) is 0.817. The number of carbonyl (C=O) groups excluding carboxylic acids is 1. The molecule has 1 rings (SSSR count). The molecule has 0 aromatic heterocycles. The van der Waals surface area contributed by atoms with Crippen LogP contribution in [0.15, 0.2) is 0 Å². The smallest absolute Gasteiger partial charge is 0.237 e. The number of thioether (sulfide) groups is 1. The molecule has 4 heteroatoms. The van der Waals surface area contributed by atoms with Gasteiger partial charge in [0.1, 0.15) is 0 Å². The van der Waals surface area contributed by atoms with Gasteiger partial charge in [0.2, 0.25) is 5.91 Å². The first-order chi connectivity index (χ1) is 8.65. The summed E-state index contributed by atoms with van der Waals surface area (Å²) in [6.45, 7) is 9.17. The second-order valence-electron chi connectivity index (χ2n) is 7.51. The van der Waals surface area contributed by atoms with E-state index >= 15 is 0 Å². The zero-order chi connectivity index (χ0) is 14.7. The van der Waals surface area contributed by atoms with Gasteiger partial charge in [0.25, 0.3) is 0 Å². The number of rotatable bonds is 5. The van der Waals surface area contributed by atoms with Crippen LogP contribution in [0.1, 0.15) is 53.4 Å². The Morgan fingerprint density at radius 3 is 2.32 bits per heavy atom. The molecular formula is C15H30N2OS. The molecule has 0 aromatic rings. The lowest BCUT2D eigenvalue weighted by Crippen LogP contribution is -2.50. The van der Waals surface area contributed by atoms with Gasteiger partial charge >= 0.3 is 0 Å². The number of nitrogens with two attached hydrogens (primary N) is 1. The van der Waals surface area contributed by atoms with Crippen molar-refractivity contribution in [3.8, 4) is 0 Å². The topological polar surface area (TPSA) is 55.1 Å². The van der Waals surface area contributed by atoms with Crippen LogP contribution in [-0.4, -0.2) is 30.0 Å². The van der Waals surface area contributed by atoms with Crippen LogP contribution in [0.2, 0.25) is 0 Å². The van der Waals surface area contributed by atoms with E-state index in [1.54, 1.807) is 11.8 Å². The van der Waals surface area contributed by atoms with Crippen molar-refractivity contribution in [1.82, 2.24) is 5.32 Å². The van der Waals surface area contributed by atoms with Crippen molar-refractivity contribution in [2.24, 2.45) is 16.6 Å². The summed E-state index contributed by atoms with van der Waals surface area (Å²) in [7, 11) is 0. The number of hydrogen-bond acceptors (Lipinski definition) is 3. The summed E-state index contributed by atoms with van der Waals surface area (Å²) in [6, 6.07) is -0.0906. The van der Waals surface area contributed by atoms with Crippen molar-refractivity contribution >= 4 is 17.7 Å². The maximum atomic E-state index is 12.1. The number of nitrogens with one attached hydrogen (secondary N) is 1. The molecule has 1 aliphatic rings. The van der Waals surface area contributed by atoms with E-state index in [2.05, 4.69) is 33.0 Å². The zero-order valence-corrected chi connectivity index (χ0v) is 13.9. The van der Waals surface area contributed by atoms with E-state index in [9.17, 15) is 4.79 Å². The zero-order valence-electron chi connectivity index (χ0n) is 13.1. The minimum Gasteiger partial charge on any atom is -0.352 e. The van der Waals surface area contributed by atoms with Crippen LogP contribution in [0.4, 0.5) is 0 Å². The average molecular weight is 286 g/mol. The Balaban J connectivity index is 2.54. The second kappa shape index (κ2) is 6.49. The third kappa shape index (κ3) is 5.74. The predicted molar refractivity (Wildman–Crippen MR) is 84.3 cm³/mol. The van der Waals surface area contributed by atoms with Gasteiger partial charge in [0.15, 0.2) is 0 Å². The van der Waals surface area contributed by atoms with Gasteiger partial charge in [-0.15, -0.1) is 0 Å². The highest BCUT2D eigenvalue weighted by molar-refractivity contribution is 7.98. The van der Waals surface area contributed by atoms with Crippen molar-refractivity contribution in [1.29, 1.82) is 0 Å². The average Bonchev–Trinajstić information content (AvgIpc) is 2.20. The molecule has 0 radical (unpaired) electrons. The van der Waals surface area contributed by atoms with Gasteiger partial charge in [0, 0.05) is 6.04 Å². The Hall–Kier alpha value is -0.220. The fourth-order valence-electron chi connectivity index (χ4n) is 3.63. The summed E-state index contributed by atoms with van der Waals surface area (Å²) in [4.78, 5) is 12.1. The van der Waals surface area contributed by atoms with Crippen molar-refractivity contribution < 1.29 is 4.79 Å². The third-order valence-corrected chi connectivity index (χ3v) is 4.52. The normalized spacial score (nSPS) is 23.9. The summed E-state index contributed by atoms with van der Waals surface area (Å²) in [5.41, 5.74) is 6.52. The molecule has 0 bridgehead atoms. The largest absolute Gasteiger partial charge is 0.352 e. The Morgan fingerprint density at radius 2 is 1.84 bits per heavy atom. The van der Waals surface area contributed by atoms with Gasteiger partial charge < -0.3 is 11.1 Å². The number of hydrogen-bond donors (Lipinski definition) is 2. The van der Waals surface area contributed by atoms with Crippen LogP contribution < -0.4 is 11.1 Å². The molecule has 0 unspecified atom stereocenters. The summed E-state index contributed by atoms with van der Waals surface area (Å²) in [6.07, 6.45) is 6.11. The summed E-state index contributed by atoms with van der Waals surface area (Å²) in [5, 5.41) is 3.17. The first kappa shape index (κ1) is 16.8. The van der Waals surface area contributed by atoms with Crippen LogP contribution in [0, 0.1) is 10.8 Å². The van der Waals surface area contributed by atoms with Crippen molar-refractivity contribution in [3.63, 3.8) is 0 Å². The first-order valence-corrected chi connectivity index (χ1v) is 8.59. The van der Waals surface area contributed by atoms with E-state index in [4.69, 9.17) is 5.73 Å². The lowest BCUT2D eigenvalue weighted by atomic mass is 9.63. The van der Waals surface area contributed by atoms with Crippen LogP contribution in [0.25, 0.3) is 0 Å². The molecule has 1 amide bonds. The fraction of sp³-hybridized carbons (Fsp3) is 0.933. The lowest BCUT2D eigenvalue weighted by Gasteiger charge is -2.45. The third-order valence-electron chi connectivity index (χ3n) is 3.87. The fourth-order valence-corrected chi connectivity index (χ4v) is 4.12. The molecular weight excluding hydrogens is 256 g/mol. The Kier molecular flexibility index (Phi) is 5.75. The summed E-state index contributed by atoms with van der Waals surface area (Å²) < 4.78 is 0. The van der Waals surface area contributed by atoms with E-state index in [1.807, 2.05) is 6.26 Å². The molecule has 112 valence electrons. The summed E-state index contributed by atoms with van der Waals surface area (Å²) in [5.74, 6) is 0.962. The van der Waals surface area contributed by atoms with E-state index in [0.29, 0.717) is 10.8 Å². The Labute approximate surface area is 122 Å². The number of carbonyl (C=O) groups is 1. The van der Waals surface area contributed by atoms with Crippen LogP contribution in [0.5, 0.6) is 0 Å². The molecule has 0 heterocycles. The maximum Gasteiger partial charge on any atom is 0.237 e. The van der Waals surface area contributed by atoms with E-state index < -0.39 is 0 Å². The van der Waals surface area contributed by atoms with Gasteiger partial charge in [0.05, 0.1) is 6.04 Å². The molecule has 19 heavy (non-hydrogen) atoms. The summed E-state index contributed by atoms with van der Waals surface area (Å²) >= 11 is 1.73. The molecule has 1 fully saturated rings. The van der Waals surface area contributed by atoms with Gasteiger partial charge in [-0.2, -0.15) is 11.8 Å². The Morgan fingerprint density at radius 1 is 1.32 bits per heavy atom. The molecule has 0 spiro atoms. The maximum absolute atomic E-state index is 12.1. The minimum absolute atomic E-state index is 0.0209. The molecule has 0 aliphatic heterocycles. The van der Waals surface area contributed by atoms with Gasteiger partial charge in [-0.1, -0.05) is 27.7 Å². The van der Waals surface area contributed by atoms with Crippen molar-refractivity contribution in [3.05, 3.63) is 0 Å². The molecule has 1 aliphatic carbocycles. The molecule has 0 saturated heterocycles. The van der Waals surface area contributed by atoms with E-state index in [0.717, 1.165) is 25.0 Å². The highest BCUT2D eigenvalue weighted by atomic mass is 32.2. The van der Waals surface area contributed by atoms with Crippen LogP contribution in [-0.2, 0) is 4.79 Å². The lowest BCUT2D eigenvalue weighted by molar-refractivity contribution is -0.123. The standard InChI is InChI=1S/C15H30N2OS/c1-14(2)8-11(9-15(3,4)10-14)17-13(18)12(16)6-7-19-5/h11-12H,6-10,16H2,1-5H3,(H,17,18)/t12-/m1/s1. The molecule has 3 nitrogen and oxygen atoms in total. The van der Waals surface area contributed by atoms with E-state index in [1.165, 1.54) is 6.42 Å². The van der Waals surface area contributed by atoms with Gasteiger partial charge in [-0.3, -0.25) is 4.79 Å². The molecule has 3 N–H and O–H groups in total.